The Kier molecular flexibility index (Phi) is 3.69. The fourth-order valence-electron chi connectivity index (χ4n) is 1.33. The molecular formula is C8H18N2S. The van der Waals surface area contributed by atoms with Gasteiger partial charge >= 0.3 is 0 Å². The summed E-state index contributed by atoms with van der Waals surface area (Å²) >= 11 is 1.99. The molecule has 1 fully saturated rings. The maximum absolute atomic E-state index is 5.93. The van der Waals surface area contributed by atoms with Gasteiger partial charge in [-0.25, -0.2) is 0 Å². The number of hydrogen-bond acceptors (Lipinski definition) is 3. The van der Waals surface area contributed by atoms with Crippen molar-refractivity contribution in [3.63, 3.8) is 0 Å². The molecule has 0 aliphatic carbocycles. The maximum atomic E-state index is 5.93. The molecule has 2 atom stereocenters. The molecule has 1 aliphatic heterocycles. The second-order valence-corrected chi connectivity index (χ2v) is 4.39. The van der Waals surface area contributed by atoms with Gasteiger partial charge in [-0.05, 0) is 25.3 Å². The van der Waals surface area contributed by atoms with Crippen molar-refractivity contribution in [1.82, 2.24) is 4.90 Å². The van der Waals surface area contributed by atoms with E-state index < -0.39 is 0 Å². The van der Waals surface area contributed by atoms with Gasteiger partial charge in [0.1, 0.15) is 0 Å². The van der Waals surface area contributed by atoms with Crippen molar-refractivity contribution in [1.29, 1.82) is 0 Å². The minimum absolute atomic E-state index is 0.439. The van der Waals surface area contributed by atoms with Gasteiger partial charge in [-0.2, -0.15) is 11.8 Å². The van der Waals surface area contributed by atoms with Crippen LogP contribution in [-0.4, -0.2) is 42.6 Å². The molecule has 66 valence electrons. The van der Waals surface area contributed by atoms with Gasteiger partial charge in [-0.15, -0.1) is 0 Å². The highest BCUT2D eigenvalue weighted by molar-refractivity contribution is 7.99. The van der Waals surface area contributed by atoms with E-state index >= 15 is 0 Å². The second kappa shape index (κ2) is 4.33. The highest BCUT2D eigenvalue weighted by atomic mass is 32.2. The summed E-state index contributed by atoms with van der Waals surface area (Å²) in [6.45, 7) is 4.49. The smallest absolute Gasteiger partial charge is 0.0179 e. The molecule has 1 rings (SSSR count). The molecule has 0 aromatic rings. The average Bonchev–Trinajstić information content (AvgIpc) is 2.37. The zero-order valence-corrected chi connectivity index (χ0v) is 8.23. The summed E-state index contributed by atoms with van der Waals surface area (Å²) in [5.74, 6) is 3.14. The molecule has 1 aliphatic rings. The van der Waals surface area contributed by atoms with E-state index in [1.165, 1.54) is 12.3 Å². The summed E-state index contributed by atoms with van der Waals surface area (Å²) in [6, 6.07) is 0.439. The van der Waals surface area contributed by atoms with Crippen molar-refractivity contribution in [2.45, 2.75) is 13.0 Å². The van der Waals surface area contributed by atoms with Crippen LogP contribution in [0.2, 0.25) is 0 Å². The molecule has 0 saturated carbocycles. The van der Waals surface area contributed by atoms with E-state index in [0.29, 0.717) is 6.04 Å². The van der Waals surface area contributed by atoms with E-state index in [9.17, 15) is 0 Å². The Balaban J connectivity index is 2.24. The van der Waals surface area contributed by atoms with E-state index in [1.54, 1.807) is 0 Å². The van der Waals surface area contributed by atoms with Gasteiger partial charge in [-0.1, -0.05) is 6.92 Å². The second-order valence-electron chi connectivity index (χ2n) is 3.32. The first-order chi connectivity index (χ1) is 5.24. The normalized spacial score (nSPS) is 31.6. The van der Waals surface area contributed by atoms with Crippen LogP contribution in [0.4, 0.5) is 0 Å². The molecule has 11 heavy (non-hydrogen) atoms. The predicted molar refractivity (Wildman–Crippen MR) is 52.0 cm³/mol. The fraction of sp³-hybridized carbons (Fsp3) is 1.00. The first kappa shape index (κ1) is 9.36. The predicted octanol–water partition coefficient (Wildman–Crippen LogP) is 0.628. The lowest BCUT2D eigenvalue weighted by Crippen LogP contribution is -2.36. The van der Waals surface area contributed by atoms with Crippen molar-refractivity contribution in [2.75, 3.05) is 31.6 Å². The third kappa shape index (κ3) is 2.65. The largest absolute Gasteiger partial charge is 0.327 e. The fourth-order valence-corrected chi connectivity index (χ4v) is 2.67. The number of nitrogens with two attached hydrogens (primary N) is 1. The Labute approximate surface area is 73.5 Å². The lowest BCUT2D eigenvalue weighted by Gasteiger charge is -2.21. The maximum Gasteiger partial charge on any atom is 0.0179 e. The Morgan fingerprint density at radius 2 is 2.27 bits per heavy atom. The molecule has 2 nitrogen and oxygen atoms in total. The lowest BCUT2D eigenvalue weighted by atomic mass is 10.0. The van der Waals surface area contributed by atoms with E-state index in [-0.39, 0.29) is 0 Å². The highest BCUT2D eigenvalue weighted by Gasteiger charge is 2.24. The van der Waals surface area contributed by atoms with Crippen LogP contribution in [0.1, 0.15) is 6.92 Å². The lowest BCUT2D eigenvalue weighted by molar-refractivity contribution is 0.289. The number of nitrogens with zero attached hydrogens (tertiary/aromatic N) is 1. The van der Waals surface area contributed by atoms with Crippen LogP contribution >= 0.6 is 11.8 Å². The van der Waals surface area contributed by atoms with E-state index in [1.807, 2.05) is 11.8 Å². The Morgan fingerprint density at radius 3 is 2.73 bits per heavy atom. The van der Waals surface area contributed by atoms with Gasteiger partial charge in [0.15, 0.2) is 0 Å². The Morgan fingerprint density at radius 1 is 1.55 bits per heavy atom. The summed E-state index contributed by atoms with van der Waals surface area (Å²) in [5.41, 5.74) is 5.93. The van der Waals surface area contributed by atoms with Gasteiger partial charge in [0.05, 0.1) is 0 Å². The van der Waals surface area contributed by atoms with Gasteiger partial charge in [0.25, 0.3) is 0 Å². The van der Waals surface area contributed by atoms with E-state index in [2.05, 4.69) is 18.9 Å². The quantitative estimate of drug-likeness (QED) is 0.680. The van der Waals surface area contributed by atoms with Crippen molar-refractivity contribution in [3.05, 3.63) is 0 Å². The standard InChI is InChI=1S/C8H18N2S/c1-3-10(2)4-7-5-11-6-8(7)9/h7-8H,3-6,9H2,1-2H3. The van der Waals surface area contributed by atoms with Crippen LogP contribution in [0.15, 0.2) is 0 Å². The van der Waals surface area contributed by atoms with Gasteiger partial charge in [0, 0.05) is 18.3 Å². The molecular weight excluding hydrogens is 156 g/mol. The SMILES string of the molecule is CCN(C)CC1CSCC1N. The van der Waals surface area contributed by atoms with Gasteiger partial charge < -0.3 is 10.6 Å². The van der Waals surface area contributed by atoms with Crippen molar-refractivity contribution >= 4 is 11.8 Å². The van der Waals surface area contributed by atoms with Crippen molar-refractivity contribution in [2.24, 2.45) is 11.7 Å². The van der Waals surface area contributed by atoms with Crippen molar-refractivity contribution < 1.29 is 0 Å². The third-order valence-electron chi connectivity index (χ3n) is 2.33. The summed E-state index contributed by atoms with van der Waals surface area (Å²) in [6.07, 6.45) is 0. The molecule has 0 spiro atoms. The molecule has 2 unspecified atom stereocenters. The summed E-state index contributed by atoms with van der Waals surface area (Å²) in [5, 5.41) is 0. The zero-order chi connectivity index (χ0) is 8.27. The number of thioether (sulfide) groups is 1. The first-order valence-corrected chi connectivity index (χ1v) is 5.41. The van der Waals surface area contributed by atoms with Crippen LogP contribution in [0.25, 0.3) is 0 Å². The van der Waals surface area contributed by atoms with Crippen LogP contribution in [0, 0.1) is 5.92 Å². The van der Waals surface area contributed by atoms with E-state index in [4.69, 9.17) is 5.73 Å². The molecule has 0 radical (unpaired) electrons. The van der Waals surface area contributed by atoms with Crippen LogP contribution in [-0.2, 0) is 0 Å². The molecule has 0 bridgehead atoms. The number of hydrogen-bond donors (Lipinski definition) is 1. The summed E-state index contributed by atoms with van der Waals surface area (Å²) in [4.78, 5) is 2.34. The molecule has 3 heteroatoms. The van der Waals surface area contributed by atoms with Gasteiger partial charge in [0.2, 0.25) is 0 Å². The monoisotopic (exact) mass is 174 g/mol. The molecule has 0 aromatic carbocycles. The first-order valence-electron chi connectivity index (χ1n) is 4.26. The Hall–Kier alpha value is 0.270. The van der Waals surface area contributed by atoms with Crippen molar-refractivity contribution in [3.8, 4) is 0 Å². The van der Waals surface area contributed by atoms with E-state index in [0.717, 1.165) is 18.2 Å². The van der Waals surface area contributed by atoms with Crippen LogP contribution in [0.3, 0.4) is 0 Å². The van der Waals surface area contributed by atoms with Crippen LogP contribution in [0.5, 0.6) is 0 Å². The minimum Gasteiger partial charge on any atom is -0.327 e. The molecule has 0 aromatic heterocycles. The molecule has 0 amide bonds. The molecule has 1 heterocycles. The average molecular weight is 174 g/mol. The molecule has 2 N–H and O–H groups in total. The minimum atomic E-state index is 0.439. The van der Waals surface area contributed by atoms with Gasteiger partial charge in [-0.3, -0.25) is 0 Å². The highest BCUT2D eigenvalue weighted by Crippen LogP contribution is 2.22. The third-order valence-corrected chi connectivity index (χ3v) is 3.62. The number of rotatable bonds is 3. The zero-order valence-electron chi connectivity index (χ0n) is 7.42. The summed E-state index contributed by atoms with van der Waals surface area (Å²) in [7, 11) is 2.16. The Bertz CT molecular complexity index is 119. The topological polar surface area (TPSA) is 29.3 Å². The molecule has 1 saturated heterocycles. The summed E-state index contributed by atoms with van der Waals surface area (Å²) < 4.78 is 0. The van der Waals surface area contributed by atoms with Crippen LogP contribution < -0.4 is 5.73 Å².